The van der Waals surface area contributed by atoms with E-state index in [-0.39, 0.29) is 17.2 Å². The van der Waals surface area contributed by atoms with Gasteiger partial charge in [0.1, 0.15) is 0 Å². The van der Waals surface area contributed by atoms with E-state index in [2.05, 4.69) is 31.0 Å². The summed E-state index contributed by atoms with van der Waals surface area (Å²) in [6.45, 7) is 11.1. The molecule has 128 valence electrons. The summed E-state index contributed by atoms with van der Waals surface area (Å²) in [7, 11) is 0. The lowest BCUT2D eigenvalue weighted by atomic mass is 9.91. The average molecular weight is 337 g/mol. The van der Waals surface area contributed by atoms with Gasteiger partial charge in [-0.05, 0) is 16.9 Å². The fourth-order valence-corrected chi connectivity index (χ4v) is 3.25. The molecule has 0 atom stereocenters. The normalized spacial score (nSPS) is 16.4. The summed E-state index contributed by atoms with van der Waals surface area (Å²) in [5.41, 5.74) is 0.0420. The highest BCUT2D eigenvalue weighted by Crippen LogP contribution is 2.20. The summed E-state index contributed by atoms with van der Waals surface area (Å²) in [5.74, 6) is 0.252. The molecular formula is C17H27N3O2S. The number of nitrogens with one attached hydrogen (secondary N) is 1. The molecule has 1 saturated heterocycles. The molecule has 23 heavy (non-hydrogen) atoms. The van der Waals surface area contributed by atoms with Crippen LogP contribution in [0.5, 0.6) is 0 Å². The minimum Gasteiger partial charge on any atom is -0.350 e. The van der Waals surface area contributed by atoms with Gasteiger partial charge in [-0.2, -0.15) is 0 Å². The molecule has 6 heteroatoms. The van der Waals surface area contributed by atoms with E-state index < -0.39 is 0 Å². The van der Waals surface area contributed by atoms with Crippen molar-refractivity contribution < 1.29 is 9.59 Å². The highest BCUT2D eigenvalue weighted by molar-refractivity contribution is 7.12. The third-order valence-electron chi connectivity index (χ3n) is 3.87. The maximum Gasteiger partial charge on any atom is 0.261 e. The van der Waals surface area contributed by atoms with Crippen LogP contribution in [0.15, 0.2) is 17.5 Å². The number of hydrogen-bond donors (Lipinski definition) is 1. The molecule has 1 aromatic heterocycles. The van der Waals surface area contributed by atoms with E-state index in [0.29, 0.717) is 13.0 Å². The van der Waals surface area contributed by atoms with Crippen LogP contribution in [0.25, 0.3) is 0 Å². The van der Waals surface area contributed by atoms with Crippen LogP contribution in [0.4, 0.5) is 0 Å². The standard InChI is InChI=1S/C17H27N3O2S/c1-17(2,3)13-15(21)20-10-8-19(9-11-20)7-6-18-16(22)14-5-4-12-23-14/h4-5,12H,6-11,13H2,1-3H3,(H,18,22). The van der Waals surface area contributed by atoms with E-state index in [0.717, 1.165) is 37.6 Å². The molecule has 0 aromatic carbocycles. The summed E-state index contributed by atoms with van der Waals surface area (Å²) >= 11 is 1.46. The van der Waals surface area contributed by atoms with Gasteiger partial charge in [-0.15, -0.1) is 11.3 Å². The molecule has 1 fully saturated rings. The first kappa shape index (κ1) is 17.9. The molecule has 2 heterocycles. The molecule has 5 nitrogen and oxygen atoms in total. The van der Waals surface area contributed by atoms with Crippen molar-refractivity contribution in [1.82, 2.24) is 15.1 Å². The molecular weight excluding hydrogens is 310 g/mol. The molecule has 1 aliphatic rings. The Morgan fingerprint density at radius 2 is 1.91 bits per heavy atom. The SMILES string of the molecule is CC(C)(C)CC(=O)N1CCN(CCNC(=O)c2cccs2)CC1. The minimum absolute atomic E-state index is 0.000934. The number of thiophene rings is 1. The maximum absolute atomic E-state index is 12.2. The van der Waals surface area contributed by atoms with E-state index >= 15 is 0 Å². The summed E-state index contributed by atoms with van der Waals surface area (Å²) in [4.78, 5) is 29.1. The molecule has 2 rings (SSSR count). The van der Waals surface area contributed by atoms with Gasteiger partial charge >= 0.3 is 0 Å². The predicted molar refractivity (Wildman–Crippen MR) is 93.7 cm³/mol. The van der Waals surface area contributed by atoms with Gasteiger partial charge in [-0.1, -0.05) is 26.8 Å². The van der Waals surface area contributed by atoms with Crippen LogP contribution in [0, 0.1) is 5.41 Å². The van der Waals surface area contributed by atoms with Crippen LogP contribution >= 0.6 is 11.3 Å². The second-order valence-corrected chi connectivity index (χ2v) is 8.14. The molecule has 0 unspecified atom stereocenters. The quantitative estimate of drug-likeness (QED) is 0.895. The Labute approximate surface area is 142 Å². The monoisotopic (exact) mass is 337 g/mol. The summed E-state index contributed by atoms with van der Waals surface area (Å²) in [5, 5.41) is 4.85. The zero-order valence-electron chi connectivity index (χ0n) is 14.3. The number of amides is 2. The fourth-order valence-electron chi connectivity index (χ4n) is 2.61. The maximum atomic E-state index is 12.2. The van der Waals surface area contributed by atoms with Crippen molar-refractivity contribution in [3.8, 4) is 0 Å². The number of nitrogens with zero attached hydrogens (tertiary/aromatic N) is 2. The number of hydrogen-bond acceptors (Lipinski definition) is 4. The van der Waals surface area contributed by atoms with Crippen molar-refractivity contribution in [2.45, 2.75) is 27.2 Å². The van der Waals surface area contributed by atoms with E-state index in [1.807, 2.05) is 22.4 Å². The molecule has 1 aromatic rings. The molecule has 2 amide bonds. The van der Waals surface area contributed by atoms with Gasteiger partial charge in [0.05, 0.1) is 4.88 Å². The van der Waals surface area contributed by atoms with E-state index in [4.69, 9.17) is 0 Å². The van der Waals surface area contributed by atoms with Crippen LogP contribution in [-0.2, 0) is 4.79 Å². The lowest BCUT2D eigenvalue weighted by Gasteiger charge is -2.36. The Hall–Kier alpha value is -1.40. The van der Waals surface area contributed by atoms with Gasteiger partial charge in [0, 0.05) is 45.7 Å². The van der Waals surface area contributed by atoms with Crippen LogP contribution in [0.1, 0.15) is 36.9 Å². The Morgan fingerprint density at radius 3 is 2.48 bits per heavy atom. The Morgan fingerprint density at radius 1 is 1.22 bits per heavy atom. The first-order valence-corrected chi connectivity index (χ1v) is 9.05. The van der Waals surface area contributed by atoms with Gasteiger partial charge in [0.25, 0.3) is 5.91 Å². The zero-order valence-corrected chi connectivity index (χ0v) is 15.1. The lowest BCUT2D eigenvalue weighted by Crippen LogP contribution is -2.50. The van der Waals surface area contributed by atoms with Crippen molar-refractivity contribution in [1.29, 1.82) is 0 Å². The minimum atomic E-state index is -0.000934. The van der Waals surface area contributed by atoms with Gasteiger partial charge in [0.15, 0.2) is 0 Å². The summed E-state index contributed by atoms with van der Waals surface area (Å²) in [6.07, 6.45) is 0.601. The lowest BCUT2D eigenvalue weighted by molar-refractivity contribution is -0.134. The fraction of sp³-hybridized carbons (Fsp3) is 0.647. The number of piperazine rings is 1. The second kappa shape index (κ2) is 7.93. The van der Waals surface area contributed by atoms with E-state index in [1.54, 1.807) is 0 Å². The Bertz CT molecular complexity index is 514. The average Bonchev–Trinajstić information content (AvgIpc) is 3.00. The third kappa shape index (κ3) is 5.95. The molecule has 0 radical (unpaired) electrons. The number of carbonyl (C=O) groups is 2. The first-order valence-electron chi connectivity index (χ1n) is 8.17. The van der Waals surface area contributed by atoms with Crippen LogP contribution in [0.3, 0.4) is 0 Å². The Kier molecular flexibility index (Phi) is 6.18. The highest BCUT2D eigenvalue weighted by Gasteiger charge is 2.24. The number of carbonyl (C=O) groups excluding carboxylic acids is 2. The molecule has 1 aliphatic heterocycles. The van der Waals surface area contributed by atoms with Crippen molar-refractivity contribution in [3.63, 3.8) is 0 Å². The second-order valence-electron chi connectivity index (χ2n) is 7.19. The van der Waals surface area contributed by atoms with E-state index in [9.17, 15) is 9.59 Å². The smallest absolute Gasteiger partial charge is 0.261 e. The summed E-state index contributed by atoms with van der Waals surface area (Å²) in [6, 6.07) is 3.72. The van der Waals surface area contributed by atoms with E-state index in [1.165, 1.54) is 11.3 Å². The summed E-state index contributed by atoms with van der Waals surface area (Å²) < 4.78 is 0. The van der Waals surface area contributed by atoms with Crippen molar-refractivity contribution in [3.05, 3.63) is 22.4 Å². The van der Waals surface area contributed by atoms with Crippen molar-refractivity contribution >= 4 is 23.2 Å². The Balaban J connectivity index is 1.65. The third-order valence-corrected chi connectivity index (χ3v) is 4.73. The predicted octanol–water partition coefficient (Wildman–Crippen LogP) is 2.06. The molecule has 1 N–H and O–H groups in total. The topological polar surface area (TPSA) is 52.7 Å². The van der Waals surface area contributed by atoms with Crippen molar-refractivity contribution in [2.75, 3.05) is 39.3 Å². The largest absolute Gasteiger partial charge is 0.350 e. The molecule has 0 aliphatic carbocycles. The van der Waals surface area contributed by atoms with Gasteiger partial charge in [0.2, 0.25) is 5.91 Å². The molecule has 0 bridgehead atoms. The first-order chi connectivity index (χ1) is 10.8. The van der Waals surface area contributed by atoms with Gasteiger partial charge in [-0.3, -0.25) is 14.5 Å². The van der Waals surface area contributed by atoms with Crippen LogP contribution in [0.2, 0.25) is 0 Å². The molecule has 0 saturated carbocycles. The molecule has 0 spiro atoms. The van der Waals surface area contributed by atoms with Gasteiger partial charge in [-0.25, -0.2) is 0 Å². The number of rotatable bonds is 5. The zero-order chi connectivity index (χ0) is 16.9. The van der Waals surface area contributed by atoms with Crippen molar-refractivity contribution in [2.24, 2.45) is 5.41 Å². The van der Waals surface area contributed by atoms with Crippen LogP contribution < -0.4 is 5.32 Å². The van der Waals surface area contributed by atoms with Crippen LogP contribution in [-0.4, -0.2) is 60.9 Å². The highest BCUT2D eigenvalue weighted by atomic mass is 32.1. The van der Waals surface area contributed by atoms with Gasteiger partial charge < -0.3 is 10.2 Å².